The van der Waals surface area contributed by atoms with Gasteiger partial charge in [0.25, 0.3) is 0 Å². The van der Waals surface area contributed by atoms with Gasteiger partial charge >= 0.3 is 6.18 Å². The Morgan fingerprint density at radius 3 is 2.58 bits per heavy atom. The maximum Gasteiger partial charge on any atom is 0.420 e. The molecular formula is C23H22F5N3OS. The molecule has 0 saturated heterocycles. The maximum atomic E-state index is 14.3. The Hall–Kier alpha value is -2.75. The number of hydrogen-bond donors (Lipinski definition) is 1. The second-order valence-corrected chi connectivity index (χ2v) is 8.94. The zero-order valence-electron chi connectivity index (χ0n) is 17.6. The van der Waals surface area contributed by atoms with Crippen LogP contribution in [0, 0.1) is 17.0 Å². The number of anilines is 2. The van der Waals surface area contributed by atoms with Crippen molar-refractivity contribution in [2.75, 3.05) is 11.9 Å². The minimum absolute atomic E-state index is 0.0604. The molecule has 1 aromatic carbocycles. The molecule has 2 heterocycles. The first-order valence-corrected chi connectivity index (χ1v) is 11.5. The Bertz CT molecular complexity index is 1080. The molecule has 1 saturated carbocycles. The van der Waals surface area contributed by atoms with E-state index in [1.807, 2.05) is 0 Å². The minimum atomic E-state index is -4.61. The average molecular weight is 484 g/mol. The highest BCUT2D eigenvalue weighted by Crippen LogP contribution is 2.39. The van der Waals surface area contributed by atoms with Crippen molar-refractivity contribution in [2.45, 2.75) is 44.7 Å². The number of alkyl halides is 3. The van der Waals surface area contributed by atoms with Gasteiger partial charge in [-0.2, -0.15) is 22.0 Å². The highest BCUT2D eigenvalue weighted by molar-refractivity contribution is 7.14. The maximum absolute atomic E-state index is 14.3. The summed E-state index contributed by atoms with van der Waals surface area (Å²) in [5, 5.41) is 2.11. The lowest BCUT2D eigenvalue weighted by atomic mass is 10.0. The van der Waals surface area contributed by atoms with Crippen LogP contribution >= 0.6 is 11.3 Å². The lowest BCUT2D eigenvalue weighted by Crippen LogP contribution is -2.10. The molecule has 0 spiro atoms. The fourth-order valence-electron chi connectivity index (χ4n) is 3.98. The number of benzene rings is 1. The number of thiazole rings is 1. The third-order valence-corrected chi connectivity index (χ3v) is 6.37. The van der Waals surface area contributed by atoms with Gasteiger partial charge in [-0.05, 0) is 49.1 Å². The summed E-state index contributed by atoms with van der Waals surface area (Å²) < 4.78 is 73.6. The Kier molecular flexibility index (Phi) is 7.11. The molecule has 1 N–H and O–H groups in total. The van der Waals surface area contributed by atoms with Crippen molar-refractivity contribution >= 4 is 22.2 Å². The van der Waals surface area contributed by atoms with Gasteiger partial charge in [0.2, 0.25) is 11.1 Å². The first-order valence-electron chi connectivity index (χ1n) is 10.7. The molecule has 10 heteroatoms. The van der Waals surface area contributed by atoms with E-state index in [1.165, 1.54) is 43.9 Å². The summed E-state index contributed by atoms with van der Waals surface area (Å²) in [4.78, 5) is 7.54. The van der Waals surface area contributed by atoms with Crippen molar-refractivity contribution in [1.29, 1.82) is 0 Å². The number of ether oxygens (including phenoxy) is 1. The number of rotatable bonds is 8. The van der Waals surface area contributed by atoms with E-state index in [9.17, 15) is 22.0 Å². The molecule has 0 aliphatic heterocycles. The van der Waals surface area contributed by atoms with Gasteiger partial charge in [0.15, 0.2) is 5.13 Å². The lowest BCUT2D eigenvalue weighted by molar-refractivity contribution is -0.138. The molecule has 3 aromatic rings. The van der Waals surface area contributed by atoms with Crippen LogP contribution in [0.25, 0.3) is 11.3 Å². The normalized spacial score (nSPS) is 14.6. The largest absolute Gasteiger partial charge is 0.493 e. The molecule has 0 bridgehead atoms. The Labute approximate surface area is 191 Å². The first-order chi connectivity index (χ1) is 15.8. The van der Waals surface area contributed by atoms with E-state index in [2.05, 4.69) is 15.3 Å². The van der Waals surface area contributed by atoms with Gasteiger partial charge < -0.3 is 10.1 Å². The quantitative estimate of drug-likeness (QED) is 0.204. The van der Waals surface area contributed by atoms with Gasteiger partial charge in [-0.3, -0.25) is 0 Å². The second kappa shape index (κ2) is 10.0. The van der Waals surface area contributed by atoms with Gasteiger partial charge in [-0.1, -0.05) is 37.0 Å². The topological polar surface area (TPSA) is 47.0 Å². The monoisotopic (exact) mass is 483 g/mol. The van der Waals surface area contributed by atoms with Crippen LogP contribution < -0.4 is 10.1 Å². The smallest absolute Gasteiger partial charge is 0.420 e. The Balaban J connectivity index is 1.45. The first kappa shape index (κ1) is 23.4. The fraction of sp³-hybridized carbons (Fsp3) is 0.391. The van der Waals surface area contributed by atoms with Crippen molar-refractivity contribution in [3.05, 3.63) is 53.2 Å². The minimum Gasteiger partial charge on any atom is -0.493 e. The summed E-state index contributed by atoms with van der Waals surface area (Å²) in [5.41, 5.74) is -0.615. The van der Waals surface area contributed by atoms with Gasteiger partial charge in [-0.25, -0.2) is 9.97 Å². The summed E-state index contributed by atoms with van der Waals surface area (Å²) in [5.74, 6) is -0.298. The van der Waals surface area contributed by atoms with Crippen molar-refractivity contribution in [1.82, 2.24) is 9.97 Å². The van der Waals surface area contributed by atoms with Gasteiger partial charge in [0, 0.05) is 17.4 Å². The molecule has 4 nitrogen and oxygen atoms in total. The highest BCUT2D eigenvalue weighted by Gasteiger charge is 2.35. The number of halogens is 5. The second-order valence-electron chi connectivity index (χ2n) is 7.99. The molecule has 0 atom stereocenters. The number of aromatic nitrogens is 2. The molecule has 1 fully saturated rings. The van der Waals surface area contributed by atoms with Crippen molar-refractivity contribution in [3.8, 4) is 17.0 Å². The molecule has 33 heavy (non-hydrogen) atoms. The van der Waals surface area contributed by atoms with Crippen LogP contribution in [-0.2, 0) is 6.18 Å². The zero-order valence-corrected chi connectivity index (χ0v) is 18.4. The van der Waals surface area contributed by atoms with Crippen LogP contribution in [0.5, 0.6) is 5.75 Å². The van der Waals surface area contributed by atoms with E-state index in [-0.39, 0.29) is 34.4 Å². The number of nitrogens with one attached hydrogen (secondary N) is 1. The van der Waals surface area contributed by atoms with E-state index in [0.717, 1.165) is 24.8 Å². The summed E-state index contributed by atoms with van der Waals surface area (Å²) >= 11 is 0.632. The van der Waals surface area contributed by atoms with Crippen LogP contribution in [0.1, 0.15) is 44.1 Å². The van der Waals surface area contributed by atoms with E-state index < -0.39 is 22.8 Å². The molecule has 2 aromatic heterocycles. The third kappa shape index (κ3) is 5.98. The van der Waals surface area contributed by atoms with E-state index in [4.69, 9.17) is 4.74 Å². The van der Waals surface area contributed by atoms with Crippen molar-refractivity contribution < 1.29 is 26.7 Å². The molecule has 1 aliphatic carbocycles. The zero-order chi connectivity index (χ0) is 23.4. The number of hydrogen-bond acceptors (Lipinski definition) is 5. The molecule has 0 amide bonds. The Morgan fingerprint density at radius 2 is 1.88 bits per heavy atom. The van der Waals surface area contributed by atoms with Crippen LogP contribution in [0.3, 0.4) is 0 Å². The molecular weight excluding hydrogens is 461 g/mol. The van der Waals surface area contributed by atoms with Crippen molar-refractivity contribution in [3.63, 3.8) is 0 Å². The molecule has 1 aliphatic rings. The predicted molar refractivity (Wildman–Crippen MR) is 117 cm³/mol. The van der Waals surface area contributed by atoms with Crippen LogP contribution in [0.2, 0.25) is 0 Å². The average Bonchev–Trinajstić information content (AvgIpc) is 3.41. The van der Waals surface area contributed by atoms with Crippen molar-refractivity contribution in [2.24, 2.45) is 5.92 Å². The fourth-order valence-corrected chi connectivity index (χ4v) is 4.72. The standard InChI is InChI=1S/C23H22F5N3OS/c24-19-10-7-15(13-29-19)20-21(25)33-22(31-20)30-16-8-9-18(17(12-16)23(26,27)28)32-11-3-6-14-4-1-2-5-14/h7-10,12-14H,1-6,11H2,(H,30,31). The van der Waals surface area contributed by atoms with E-state index in [0.29, 0.717) is 23.7 Å². The van der Waals surface area contributed by atoms with E-state index >= 15 is 0 Å². The van der Waals surface area contributed by atoms with Crippen LogP contribution in [0.15, 0.2) is 36.5 Å². The van der Waals surface area contributed by atoms with Crippen LogP contribution in [0.4, 0.5) is 32.8 Å². The van der Waals surface area contributed by atoms with Gasteiger partial charge in [-0.15, -0.1) is 0 Å². The van der Waals surface area contributed by atoms with Gasteiger partial charge in [0.05, 0.1) is 12.2 Å². The molecule has 176 valence electrons. The summed E-state index contributed by atoms with van der Waals surface area (Å²) in [6.45, 7) is 0.221. The molecule has 4 rings (SSSR count). The summed E-state index contributed by atoms with van der Waals surface area (Å²) in [6.07, 6.45) is 3.02. The molecule has 0 unspecified atom stereocenters. The summed E-state index contributed by atoms with van der Waals surface area (Å²) in [6, 6.07) is 6.01. The van der Waals surface area contributed by atoms with Crippen LogP contribution in [-0.4, -0.2) is 16.6 Å². The lowest BCUT2D eigenvalue weighted by Gasteiger charge is -2.16. The third-order valence-electron chi connectivity index (χ3n) is 5.61. The van der Waals surface area contributed by atoms with E-state index in [1.54, 1.807) is 0 Å². The highest BCUT2D eigenvalue weighted by atomic mass is 32.1. The predicted octanol–water partition coefficient (Wildman–Crippen LogP) is 7.59. The Morgan fingerprint density at radius 1 is 1.09 bits per heavy atom. The number of pyridine rings is 1. The summed E-state index contributed by atoms with van der Waals surface area (Å²) in [7, 11) is 0. The number of nitrogens with zero attached hydrogens (tertiary/aromatic N) is 2. The SMILES string of the molecule is Fc1ccc(-c2nc(Nc3ccc(OCCCC4CCCC4)c(C(F)(F)F)c3)sc2F)cn1. The van der Waals surface area contributed by atoms with Gasteiger partial charge in [0.1, 0.15) is 11.4 Å². The molecule has 0 radical (unpaired) electrons.